The summed E-state index contributed by atoms with van der Waals surface area (Å²) in [6.07, 6.45) is 6.28. The highest BCUT2D eigenvalue weighted by Gasteiger charge is 2.17. The van der Waals surface area contributed by atoms with Crippen LogP contribution in [0.1, 0.15) is 61.9 Å². The number of carbonyl (C=O) groups excluding carboxylic acids is 1. The van der Waals surface area contributed by atoms with Crippen molar-refractivity contribution in [3.05, 3.63) is 35.4 Å². The highest BCUT2D eigenvalue weighted by Crippen LogP contribution is 2.19. The Hall–Kier alpha value is -1.15. The minimum Gasteiger partial charge on any atom is -0.378 e. The monoisotopic (exact) mass is 274 g/mol. The summed E-state index contributed by atoms with van der Waals surface area (Å²) in [5.41, 5.74) is 2.14. The molecule has 1 fully saturated rings. The number of Topliss-reactive ketones (excluding diaryl/α,β-unsaturated/α-hetero) is 1. The van der Waals surface area contributed by atoms with Crippen molar-refractivity contribution >= 4 is 5.78 Å². The molecule has 0 amide bonds. The zero-order chi connectivity index (χ0) is 14.4. The van der Waals surface area contributed by atoms with Gasteiger partial charge in [-0.25, -0.2) is 0 Å². The van der Waals surface area contributed by atoms with Gasteiger partial charge in [0.2, 0.25) is 0 Å². The Morgan fingerprint density at radius 2 is 2.25 bits per heavy atom. The van der Waals surface area contributed by atoms with E-state index in [1.165, 1.54) is 12.0 Å². The second-order valence-electron chi connectivity index (χ2n) is 6.23. The van der Waals surface area contributed by atoms with E-state index < -0.39 is 0 Å². The molecule has 0 aliphatic carbocycles. The van der Waals surface area contributed by atoms with Gasteiger partial charge in [0.1, 0.15) is 0 Å². The third kappa shape index (κ3) is 4.75. The molecule has 110 valence electrons. The molecule has 0 aromatic heterocycles. The molecule has 1 aliphatic rings. The number of ketones is 1. The predicted molar refractivity (Wildman–Crippen MR) is 82.1 cm³/mol. The van der Waals surface area contributed by atoms with Crippen LogP contribution >= 0.6 is 0 Å². The van der Waals surface area contributed by atoms with Crippen molar-refractivity contribution in [3.63, 3.8) is 0 Å². The molecule has 1 aromatic rings. The van der Waals surface area contributed by atoms with Crippen LogP contribution in [0.2, 0.25) is 0 Å². The zero-order valence-corrected chi connectivity index (χ0v) is 12.7. The second kappa shape index (κ2) is 7.58. The van der Waals surface area contributed by atoms with Crippen LogP contribution in [-0.2, 0) is 11.2 Å². The summed E-state index contributed by atoms with van der Waals surface area (Å²) in [7, 11) is 0. The molecule has 0 bridgehead atoms. The van der Waals surface area contributed by atoms with Crippen LogP contribution in [0.25, 0.3) is 0 Å². The van der Waals surface area contributed by atoms with E-state index in [0.717, 1.165) is 37.9 Å². The van der Waals surface area contributed by atoms with Crippen LogP contribution in [0.15, 0.2) is 24.3 Å². The quantitative estimate of drug-likeness (QED) is 0.688. The average molecular weight is 274 g/mol. The maximum atomic E-state index is 12.2. The summed E-state index contributed by atoms with van der Waals surface area (Å²) >= 11 is 0. The first-order chi connectivity index (χ1) is 9.65. The highest BCUT2D eigenvalue weighted by molar-refractivity contribution is 5.96. The molecule has 0 radical (unpaired) electrons. The fourth-order valence-electron chi connectivity index (χ4n) is 2.66. The van der Waals surface area contributed by atoms with Gasteiger partial charge < -0.3 is 4.74 Å². The largest absolute Gasteiger partial charge is 0.378 e. The summed E-state index contributed by atoms with van der Waals surface area (Å²) in [5.74, 6) is 0.959. The van der Waals surface area contributed by atoms with E-state index in [4.69, 9.17) is 4.74 Å². The van der Waals surface area contributed by atoms with Crippen molar-refractivity contribution in [2.75, 3.05) is 6.61 Å². The molecule has 2 heteroatoms. The van der Waals surface area contributed by atoms with Gasteiger partial charge >= 0.3 is 0 Å². The molecular formula is C18H26O2. The lowest BCUT2D eigenvalue weighted by Crippen LogP contribution is -2.09. The first-order valence-corrected chi connectivity index (χ1v) is 7.89. The lowest BCUT2D eigenvalue weighted by molar-refractivity contribution is 0.0859. The number of carbonyl (C=O) groups is 1. The first-order valence-electron chi connectivity index (χ1n) is 7.89. The van der Waals surface area contributed by atoms with Crippen LogP contribution in [0.3, 0.4) is 0 Å². The number of rotatable bonds is 7. The smallest absolute Gasteiger partial charge is 0.162 e. The Morgan fingerprint density at radius 3 is 2.95 bits per heavy atom. The lowest BCUT2D eigenvalue weighted by Gasteiger charge is -2.09. The number of aryl methyl sites for hydroxylation is 1. The van der Waals surface area contributed by atoms with E-state index in [0.29, 0.717) is 18.4 Å². The lowest BCUT2D eigenvalue weighted by atomic mass is 9.98. The molecule has 1 heterocycles. The maximum Gasteiger partial charge on any atom is 0.162 e. The minimum atomic E-state index is 0.256. The molecule has 20 heavy (non-hydrogen) atoms. The van der Waals surface area contributed by atoms with Crippen LogP contribution in [0.4, 0.5) is 0 Å². The Labute approximate surface area is 122 Å². The van der Waals surface area contributed by atoms with Gasteiger partial charge in [-0.15, -0.1) is 0 Å². The van der Waals surface area contributed by atoms with Gasteiger partial charge in [-0.3, -0.25) is 4.79 Å². The minimum absolute atomic E-state index is 0.256. The molecule has 0 N–H and O–H groups in total. The van der Waals surface area contributed by atoms with E-state index in [2.05, 4.69) is 26.0 Å². The Morgan fingerprint density at radius 1 is 1.40 bits per heavy atom. The van der Waals surface area contributed by atoms with Gasteiger partial charge in [0.15, 0.2) is 5.78 Å². The molecular weight excluding hydrogens is 248 g/mol. The first kappa shape index (κ1) is 15.2. The van der Waals surface area contributed by atoms with Crippen molar-refractivity contribution in [1.29, 1.82) is 0 Å². The third-order valence-electron chi connectivity index (χ3n) is 3.98. The number of hydrogen-bond donors (Lipinski definition) is 0. The molecule has 1 aliphatic heterocycles. The summed E-state index contributed by atoms with van der Waals surface area (Å²) in [5, 5.41) is 0. The van der Waals surface area contributed by atoms with Crippen LogP contribution in [-0.4, -0.2) is 18.5 Å². The maximum absolute atomic E-state index is 12.2. The summed E-state index contributed by atoms with van der Waals surface area (Å²) in [4.78, 5) is 12.2. The number of hydrogen-bond acceptors (Lipinski definition) is 2. The molecule has 1 saturated heterocycles. The van der Waals surface area contributed by atoms with E-state index in [9.17, 15) is 4.79 Å². The Balaban J connectivity index is 1.86. The van der Waals surface area contributed by atoms with E-state index in [1.807, 2.05) is 12.1 Å². The summed E-state index contributed by atoms with van der Waals surface area (Å²) in [6, 6.07) is 8.14. The second-order valence-corrected chi connectivity index (χ2v) is 6.23. The van der Waals surface area contributed by atoms with Gasteiger partial charge in [-0.05, 0) is 49.7 Å². The van der Waals surface area contributed by atoms with Crippen LogP contribution < -0.4 is 0 Å². The fraction of sp³-hybridized carbons (Fsp3) is 0.611. The van der Waals surface area contributed by atoms with Gasteiger partial charge in [-0.2, -0.15) is 0 Å². The van der Waals surface area contributed by atoms with Gasteiger partial charge in [0, 0.05) is 18.6 Å². The van der Waals surface area contributed by atoms with Gasteiger partial charge in [0.05, 0.1) is 6.10 Å². The van der Waals surface area contributed by atoms with Gasteiger partial charge in [-0.1, -0.05) is 32.0 Å². The zero-order valence-electron chi connectivity index (χ0n) is 12.7. The van der Waals surface area contributed by atoms with E-state index in [1.54, 1.807) is 0 Å². The predicted octanol–water partition coefficient (Wildman–Crippen LogP) is 4.42. The van der Waals surface area contributed by atoms with Crippen molar-refractivity contribution in [3.8, 4) is 0 Å². The summed E-state index contributed by atoms with van der Waals surface area (Å²) < 4.78 is 5.58. The van der Waals surface area contributed by atoms with Crippen molar-refractivity contribution < 1.29 is 9.53 Å². The molecule has 0 saturated carbocycles. The number of ether oxygens (including phenoxy) is 1. The van der Waals surface area contributed by atoms with E-state index in [-0.39, 0.29) is 5.78 Å². The standard InChI is InChI=1S/C18H26O2/c1-14(2)8-9-15-5-3-6-16(13-15)18(19)11-10-17-7-4-12-20-17/h3,5-6,13-14,17H,4,7-12H2,1-2H3/t17-/m1/s1. The molecule has 2 nitrogen and oxygen atoms in total. The molecule has 1 atom stereocenters. The highest BCUT2D eigenvalue weighted by atomic mass is 16.5. The van der Waals surface area contributed by atoms with E-state index >= 15 is 0 Å². The Bertz CT molecular complexity index is 431. The molecule has 1 aromatic carbocycles. The summed E-state index contributed by atoms with van der Waals surface area (Å²) in [6.45, 7) is 5.33. The third-order valence-corrected chi connectivity index (χ3v) is 3.98. The van der Waals surface area contributed by atoms with Gasteiger partial charge in [0.25, 0.3) is 0 Å². The van der Waals surface area contributed by atoms with Crippen molar-refractivity contribution in [2.45, 2.75) is 58.5 Å². The van der Waals surface area contributed by atoms with Crippen LogP contribution in [0, 0.1) is 5.92 Å². The fourth-order valence-corrected chi connectivity index (χ4v) is 2.66. The van der Waals surface area contributed by atoms with Crippen molar-refractivity contribution in [2.24, 2.45) is 5.92 Å². The van der Waals surface area contributed by atoms with Crippen LogP contribution in [0.5, 0.6) is 0 Å². The Kier molecular flexibility index (Phi) is 5.78. The topological polar surface area (TPSA) is 26.3 Å². The SMILES string of the molecule is CC(C)CCc1cccc(C(=O)CC[C@H]2CCCO2)c1. The number of benzene rings is 1. The van der Waals surface area contributed by atoms with Crippen molar-refractivity contribution in [1.82, 2.24) is 0 Å². The molecule has 0 spiro atoms. The molecule has 2 rings (SSSR count). The normalized spacial score (nSPS) is 18.6. The average Bonchev–Trinajstić information content (AvgIpc) is 2.96. The molecule has 0 unspecified atom stereocenters.